The Hall–Kier alpha value is -5.18. The second-order valence-electron chi connectivity index (χ2n) is 16.7. The number of nitrogens with one attached hydrogen (secondary N) is 4. The maximum absolute atomic E-state index is 14.0. The first-order chi connectivity index (χ1) is 37.7. The highest BCUT2D eigenvalue weighted by atomic mass is 32.3. The molecule has 460 valence electrons. The molecule has 0 radical (unpaired) electrons. The number of hydrogen-bond acceptors (Lipinski definition) is 21. The second-order valence-corrected chi connectivity index (χ2v) is 29.6. The van der Waals surface area contributed by atoms with E-state index >= 15 is 0 Å². The number of piperazine rings is 1. The van der Waals surface area contributed by atoms with Crippen molar-refractivity contribution in [1.29, 1.82) is 0 Å². The Morgan fingerprint density at radius 3 is 1.12 bits per heavy atom. The van der Waals surface area contributed by atoms with Gasteiger partial charge in [0.15, 0.2) is 0 Å². The molecule has 41 heteroatoms. The lowest BCUT2D eigenvalue weighted by atomic mass is 10.3. The number of rotatable bonds is 7. The van der Waals surface area contributed by atoms with Gasteiger partial charge >= 0.3 is 32.0 Å². The summed E-state index contributed by atoms with van der Waals surface area (Å²) in [5.74, 6) is -6.15. The summed E-state index contributed by atoms with van der Waals surface area (Å²) in [6.45, 7) is 0.389. The number of alkyl halides is 9. The van der Waals surface area contributed by atoms with Crippen molar-refractivity contribution in [3.8, 4) is 23.0 Å². The van der Waals surface area contributed by atoms with Crippen LogP contribution in [0.5, 0.6) is 23.0 Å². The SMILES string of the molecule is CN1CCN(S(=O)(=O)C(F)(F)C(F)(F)C(F)(F)S(=O)(=O)NS(=O)(=O)C(F)(F)F)CC1.O=S1(=O)NS(=O)(=O)c2cccc(c2)OCCNCCOc2cccc1c2.O=S1(=O)NS(=O)(=O)c2cccc(c2)OCCOCCOc2cccc1c2. The molecule has 7 rings (SSSR count). The average molecular weight is 1320 g/mol. The van der Waals surface area contributed by atoms with Crippen molar-refractivity contribution in [2.75, 3.05) is 86.0 Å². The molecular formula is C41H47F9N6O19S7. The molecule has 4 N–H and O–H groups in total. The third-order valence-electron chi connectivity index (χ3n) is 10.7. The smallest absolute Gasteiger partial charge is 0.492 e. The van der Waals surface area contributed by atoms with Gasteiger partial charge in [-0.25, -0.2) is 58.9 Å². The first-order valence-electron chi connectivity index (χ1n) is 22.6. The first-order valence-corrected chi connectivity index (χ1v) is 33.0. The van der Waals surface area contributed by atoms with E-state index < -0.39 is 109 Å². The van der Waals surface area contributed by atoms with Crippen LogP contribution in [0.4, 0.5) is 39.5 Å². The highest BCUT2D eigenvalue weighted by molar-refractivity contribution is 8.06. The predicted octanol–water partition coefficient (Wildman–Crippen LogP) is 2.01. The van der Waals surface area contributed by atoms with Crippen molar-refractivity contribution in [1.82, 2.24) is 26.9 Å². The van der Waals surface area contributed by atoms with Crippen LogP contribution in [0.1, 0.15) is 0 Å². The van der Waals surface area contributed by atoms with Crippen LogP contribution in [0.15, 0.2) is 117 Å². The number of likely N-dealkylation sites (N-methyl/N-ethyl adjacent to an activating group) is 1. The van der Waals surface area contributed by atoms with Crippen LogP contribution in [0.25, 0.3) is 0 Å². The van der Waals surface area contributed by atoms with Crippen molar-refractivity contribution in [3.63, 3.8) is 0 Å². The van der Waals surface area contributed by atoms with E-state index in [9.17, 15) is 98.4 Å². The Bertz CT molecular complexity index is 3410. The van der Waals surface area contributed by atoms with Gasteiger partial charge in [0, 0.05) is 63.5 Å². The van der Waals surface area contributed by atoms with E-state index in [0.717, 1.165) is 0 Å². The van der Waals surface area contributed by atoms with Crippen LogP contribution >= 0.6 is 0 Å². The molecule has 0 saturated carbocycles. The van der Waals surface area contributed by atoms with Gasteiger partial charge in [-0.05, 0) is 55.6 Å². The van der Waals surface area contributed by atoms with E-state index in [4.69, 9.17) is 23.7 Å². The normalized spacial score (nSPS) is 19.7. The van der Waals surface area contributed by atoms with E-state index in [2.05, 4.69) is 5.32 Å². The molecule has 82 heavy (non-hydrogen) atoms. The van der Waals surface area contributed by atoms with Gasteiger partial charge in [0.2, 0.25) is 0 Å². The Morgan fingerprint density at radius 1 is 0.463 bits per heavy atom. The summed E-state index contributed by atoms with van der Waals surface area (Å²) in [5, 5.41) is -11.1. The molecule has 0 atom stereocenters. The maximum atomic E-state index is 14.0. The first kappa shape index (κ1) is 67.6. The van der Waals surface area contributed by atoms with Crippen molar-refractivity contribution >= 4 is 70.2 Å². The van der Waals surface area contributed by atoms with E-state index in [1.165, 1.54) is 84.7 Å². The molecule has 0 aliphatic carbocycles. The Kier molecular flexibility index (Phi) is 21.4. The number of sulfonamides is 7. The van der Waals surface area contributed by atoms with Crippen molar-refractivity contribution < 1.29 is 122 Å². The highest BCUT2D eigenvalue weighted by Crippen LogP contribution is 2.51. The number of benzene rings is 4. The molecule has 0 unspecified atom stereocenters. The zero-order valence-electron chi connectivity index (χ0n) is 41.6. The summed E-state index contributed by atoms with van der Waals surface area (Å²) < 4.78 is 316. The number of nitrogens with zero attached hydrogens (tertiary/aromatic N) is 2. The third kappa shape index (κ3) is 16.4. The molecule has 25 nitrogen and oxygen atoms in total. The molecule has 3 aliphatic heterocycles. The molecule has 1 saturated heterocycles. The fourth-order valence-electron chi connectivity index (χ4n) is 6.49. The molecule has 8 bridgehead atoms. The van der Waals surface area contributed by atoms with Crippen molar-refractivity contribution in [3.05, 3.63) is 97.1 Å². The van der Waals surface area contributed by atoms with Gasteiger partial charge in [0.25, 0.3) is 60.1 Å². The summed E-state index contributed by atoms with van der Waals surface area (Å²) in [5.41, 5.74) is -6.61. The minimum Gasteiger partial charge on any atom is -0.492 e. The minimum absolute atomic E-state index is 0.203. The van der Waals surface area contributed by atoms with Crippen LogP contribution in [0.2, 0.25) is 0 Å². The van der Waals surface area contributed by atoms with E-state index in [1.807, 2.05) is 0 Å². The van der Waals surface area contributed by atoms with Crippen molar-refractivity contribution in [2.45, 2.75) is 41.5 Å². The van der Waals surface area contributed by atoms with Crippen LogP contribution < -0.4 is 36.6 Å². The summed E-state index contributed by atoms with van der Waals surface area (Å²) in [4.78, 5) is 0.489. The topological polar surface area (TPSA) is 340 Å². The van der Waals surface area contributed by atoms with Crippen LogP contribution in [-0.4, -0.2) is 176 Å². The number of hydrogen-bond donors (Lipinski definition) is 4. The van der Waals surface area contributed by atoms with Gasteiger partial charge in [-0.2, -0.15) is 43.8 Å². The summed E-state index contributed by atoms with van der Waals surface area (Å²) >= 11 is 0. The van der Waals surface area contributed by atoms with Crippen LogP contribution in [0.3, 0.4) is 0 Å². The number of halogens is 9. The molecule has 3 heterocycles. The van der Waals surface area contributed by atoms with E-state index in [-0.39, 0.29) is 50.2 Å². The van der Waals surface area contributed by atoms with Crippen LogP contribution in [0, 0.1) is 0 Å². The predicted molar refractivity (Wildman–Crippen MR) is 266 cm³/mol. The largest absolute Gasteiger partial charge is 0.512 e. The van der Waals surface area contributed by atoms with Crippen LogP contribution in [-0.2, 0) is 74.9 Å². The molecule has 1 fully saturated rings. The highest BCUT2D eigenvalue weighted by Gasteiger charge is 2.83. The number of ether oxygens (including phenoxy) is 5. The maximum Gasteiger partial charge on any atom is 0.512 e. The molecule has 0 amide bonds. The molecule has 4 aromatic rings. The Balaban J connectivity index is 0.000000226. The lowest BCUT2D eigenvalue weighted by Crippen LogP contribution is -2.66. The van der Waals surface area contributed by atoms with E-state index in [0.29, 0.717) is 62.5 Å². The minimum atomic E-state index is -7.75. The fraction of sp³-hybridized carbons (Fsp3) is 0.415. The monoisotopic (exact) mass is 1320 g/mol. The van der Waals surface area contributed by atoms with Gasteiger partial charge in [0.1, 0.15) is 49.4 Å². The Labute approximate surface area is 464 Å². The van der Waals surface area contributed by atoms with Gasteiger partial charge in [0.05, 0.1) is 32.8 Å². The van der Waals surface area contributed by atoms with E-state index in [1.54, 1.807) is 32.5 Å². The van der Waals surface area contributed by atoms with Gasteiger partial charge in [-0.15, -0.1) is 8.25 Å². The van der Waals surface area contributed by atoms with Gasteiger partial charge < -0.3 is 33.9 Å². The third-order valence-corrected chi connectivity index (χ3v) is 23.0. The fourth-order valence-corrected chi connectivity index (χ4v) is 16.4. The lowest BCUT2D eigenvalue weighted by Gasteiger charge is -2.37. The molecule has 0 spiro atoms. The Morgan fingerprint density at radius 2 is 0.793 bits per heavy atom. The molecule has 3 aliphatic rings. The standard InChI is InChI=1S/C16H18N2O6S2.C16H17NO7S2.C9H12F9N3O6S3/c19-25(20)15-5-1-3-13(11-15)23-9-7-17-8-10-24-14-4-2-6-16(12-14)26(21,22)18-25;18-25(19)15-5-1-3-13(11-15)23-9-7-22-8-10-24-14-4-2-6-16(12-14)26(20,21)17-25;1-20-2-4-21(5-3-20)30(26,27)8(14,15)6(10,11)7(12,13)28(22,23)19-29(24,25)9(16,17)18/h1-6,11-12,17-18H,7-10H2;1-6,11-12,17H,7-10H2;19H,2-5H2,1H3. The summed E-state index contributed by atoms with van der Waals surface area (Å²) in [7, 11) is -37.6. The average Bonchev–Trinajstić information content (AvgIpc) is 3.58. The molecular weight excluding hydrogens is 1280 g/mol. The number of fused-ring (bicyclic) bond motifs is 8. The molecule has 0 aromatic heterocycles. The second kappa shape index (κ2) is 26.0. The lowest BCUT2D eigenvalue weighted by molar-refractivity contribution is -0.245. The molecule has 4 aromatic carbocycles. The zero-order valence-corrected chi connectivity index (χ0v) is 47.3. The zero-order chi connectivity index (χ0) is 61.4. The van der Waals surface area contributed by atoms with Gasteiger partial charge in [-0.1, -0.05) is 28.4 Å². The van der Waals surface area contributed by atoms with Crippen molar-refractivity contribution in [2.24, 2.45) is 0 Å². The quantitative estimate of drug-likeness (QED) is 0.192. The summed E-state index contributed by atoms with van der Waals surface area (Å²) in [6, 6.07) is 22.5. The summed E-state index contributed by atoms with van der Waals surface area (Å²) in [6.07, 6.45) is 0. The van der Waals surface area contributed by atoms with Gasteiger partial charge in [-0.3, -0.25) is 0 Å².